The zero-order valence-corrected chi connectivity index (χ0v) is 11.9. The van der Waals surface area contributed by atoms with Gasteiger partial charge in [-0.3, -0.25) is 9.71 Å². The van der Waals surface area contributed by atoms with Crippen molar-refractivity contribution >= 4 is 15.7 Å². The predicted molar refractivity (Wildman–Crippen MR) is 77.6 cm³/mol. The number of nitrogens with zero attached hydrogens (tertiary/aromatic N) is 1. The van der Waals surface area contributed by atoms with E-state index in [4.69, 9.17) is 5.11 Å². The number of nitrogens with one attached hydrogen (secondary N) is 1. The molecule has 0 atom stereocenters. The molecule has 20 heavy (non-hydrogen) atoms. The van der Waals surface area contributed by atoms with Gasteiger partial charge < -0.3 is 5.11 Å². The van der Waals surface area contributed by atoms with Crippen LogP contribution in [0.25, 0.3) is 0 Å². The van der Waals surface area contributed by atoms with E-state index in [-0.39, 0.29) is 12.4 Å². The average molecular weight is 292 g/mol. The first-order valence-electron chi connectivity index (χ1n) is 6.10. The molecule has 5 nitrogen and oxygen atoms in total. The number of aromatic nitrogens is 1. The third kappa shape index (κ3) is 4.04. The summed E-state index contributed by atoms with van der Waals surface area (Å²) in [6.07, 6.45) is 1.48. The summed E-state index contributed by atoms with van der Waals surface area (Å²) >= 11 is 0. The van der Waals surface area contributed by atoms with Crippen molar-refractivity contribution in [1.82, 2.24) is 4.98 Å². The highest BCUT2D eigenvalue weighted by molar-refractivity contribution is 7.91. The molecule has 0 aliphatic carbocycles. The molecule has 1 heterocycles. The number of pyridine rings is 1. The van der Waals surface area contributed by atoms with Gasteiger partial charge in [0.1, 0.15) is 0 Å². The van der Waals surface area contributed by atoms with Crippen LogP contribution in [0.2, 0.25) is 0 Å². The third-order valence-corrected chi connectivity index (χ3v) is 3.98. The van der Waals surface area contributed by atoms with Gasteiger partial charge in [0.2, 0.25) is 10.0 Å². The van der Waals surface area contributed by atoms with Gasteiger partial charge in [-0.25, -0.2) is 8.42 Å². The molecule has 0 fully saturated rings. The molecule has 0 saturated carbocycles. The number of aryl methyl sites for hydroxylation is 1. The Balaban J connectivity index is 2.12. The Morgan fingerprint density at radius 1 is 1.20 bits per heavy atom. The maximum absolute atomic E-state index is 12.1. The van der Waals surface area contributed by atoms with Crippen LogP contribution in [0.3, 0.4) is 0 Å². The molecule has 1 aromatic heterocycles. The van der Waals surface area contributed by atoms with Crippen LogP contribution in [0, 0.1) is 6.92 Å². The van der Waals surface area contributed by atoms with Crippen LogP contribution in [0.4, 0.5) is 5.69 Å². The molecule has 2 N–H and O–H groups in total. The van der Waals surface area contributed by atoms with Crippen molar-refractivity contribution in [2.45, 2.75) is 19.3 Å². The Labute approximate surface area is 118 Å². The van der Waals surface area contributed by atoms with E-state index in [0.29, 0.717) is 16.8 Å². The van der Waals surface area contributed by atoms with E-state index in [2.05, 4.69) is 9.71 Å². The van der Waals surface area contributed by atoms with Gasteiger partial charge in [0.15, 0.2) is 0 Å². The van der Waals surface area contributed by atoms with E-state index in [1.54, 1.807) is 36.4 Å². The van der Waals surface area contributed by atoms with E-state index in [9.17, 15) is 8.42 Å². The van der Waals surface area contributed by atoms with Crippen molar-refractivity contribution in [2.75, 3.05) is 4.72 Å². The lowest BCUT2D eigenvalue weighted by Gasteiger charge is -2.08. The largest absolute Gasteiger partial charge is 0.392 e. The number of aliphatic hydroxyl groups excluding tert-OH is 1. The highest BCUT2D eigenvalue weighted by atomic mass is 32.2. The second kappa shape index (κ2) is 6.02. The summed E-state index contributed by atoms with van der Waals surface area (Å²) in [6, 6.07) is 10.3. The minimum Gasteiger partial charge on any atom is -0.392 e. The highest BCUT2D eigenvalue weighted by Gasteiger charge is 2.12. The summed E-state index contributed by atoms with van der Waals surface area (Å²) in [5.74, 6) is -0.144. The fraction of sp³-hybridized carbons (Fsp3) is 0.214. The molecular formula is C14H16N2O3S. The first kappa shape index (κ1) is 14.5. The summed E-state index contributed by atoms with van der Waals surface area (Å²) < 4.78 is 26.6. The zero-order chi connectivity index (χ0) is 14.6. The van der Waals surface area contributed by atoms with Crippen LogP contribution in [-0.2, 0) is 22.4 Å². The normalized spacial score (nSPS) is 11.3. The van der Waals surface area contributed by atoms with Gasteiger partial charge >= 0.3 is 0 Å². The maximum Gasteiger partial charge on any atom is 0.236 e. The molecule has 0 aliphatic rings. The molecule has 0 bridgehead atoms. The van der Waals surface area contributed by atoms with Crippen LogP contribution < -0.4 is 4.72 Å². The van der Waals surface area contributed by atoms with Crippen LogP contribution in [0.1, 0.15) is 16.8 Å². The molecule has 2 rings (SSSR count). The van der Waals surface area contributed by atoms with E-state index in [1.807, 2.05) is 6.92 Å². The van der Waals surface area contributed by atoms with Crippen LogP contribution in [-0.4, -0.2) is 18.5 Å². The zero-order valence-electron chi connectivity index (χ0n) is 11.1. The second-order valence-corrected chi connectivity index (χ2v) is 6.25. The van der Waals surface area contributed by atoms with Gasteiger partial charge in [0.05, 0.1) is 24.2 Å². The SMILES string of the molecule is Cc1ccc(NS(=O)(=O)Cc2cccc(CO)c2)cn1. The fourth-order valence-electron chi connectivity index (χ4n) is 1.78. The molecule has 0 unspecified atom stereocenters. The van der Waals surface area contributed by atoms with Gasteiger partial charge in [-0.05, 0) is 30.2 Å². The summed E-state index contributed by atoms with van der Waals surface area (Å²) in [5.41, 5.74) is 2.58. The van der Waals surface area contributed by atoms with Crippen LogP contribution in [0.5, 0.6) is 0 Å². The van der Waals surface area contributed by atoms with E-state index in [1.165, 1.54) is 6.20 Å². The monoisotopic (exact) mass is 292 g/mol. The number of sulfonamides is 1. The summed E-state index contributed by atoms with van der Waals surface area (Å²) in [7, 11) is -3.50. The van der Waals surface area contributed by atoms with Gasteiger partial charge in [-0.2, -0.15) is 0 Å². The van der Waals surface area contributed by atoms with Crippen molar-refractivity contribution in [2.24, 2.45) is 0 Å². The minimum atomic E-state index is -3.50. The first-order chi connectivity index (χ1) is 9.48. The Kier molecular flexibility index (Phi) is 4.36. The van der Waals surface area contributed by atoms with Crippen LogP contribution in [0.15, 0.2) is 42.6 Å². The number of hydrogen-bond donors (Lipinski definition) is 2. The van der Waals surface area contributed by atoms with Crippen LogP contribution >= 0.6 is 0 Å². The molecular weight excluding hydrogens is 276 g/mol. The third-order valence-electron chi connectivity index (χ3n) is 2.72. The van der Waals surface area contributed by atoms with E-state index >= 15 is 0 Å². The van der Waals surface area contributed by atoms with E-state index < -0.39 is 10.0 Å². The lowest BCUT2D eigenvalue weighted by atomic mass is 10.1. The number of benzene rings is 1. The molecule has 1 aromatic carbocycles. The number of anilines is 1. The maximum atomic E-state index is 12.1. The van der Waals surface area contributed by atoms with Gasteiger partial charge in [0, 0.05) is 5.69 Å². The van der Waals surface area contributed by atoms with Gasteiger partial charge in [-0.15, -0.1) is 0 Å². The molecule has 2 aromatic rings. The first-order valence-corrected chi connectivity index (χ1v) is 7.75. The summed E-state index contributed by atoms with van der Waals surface area (Å²) in [4.78, 5) is 4.04. The lowest BCUT2D eigenvalue weighted by Crippen LogP contribution is -2.15. The second-order valence-electron chi connectivity index (χ2n) is 4.53. The number of rotatable bonds is 5. The Bertz CT molecular complexity index is 682. The molecule has 0 amide bonds. The number of aliphatic hydroxyl groups is 1. The molecule has 0 saturated heterocycles. The van der Waals surface area contributed by atoms with Crippen molar-refractivity contribution in [3.63, 3.8) is 0 Å². The highest BCUT2D eigenvalue weighted by Crippen LogP contribution is 2.13. The quantitative estimate of drug-likeness (QED) is 0.881. The van der Waals surface area contributed by atoms with Crippen molar-refractivity contribution in [1.29, 1.82) is 0 Å². The van der Waals surface area contributed by atoms with Crippen molar-refractivity contribution < 1.29 is 13.5 Å². The Morgan fingerprint density at radius 3 is 2.60 bits per heavy atom. The van der Waals surface area contributed by atoms with Gasteiger partial charge in [0.25, 0.3) is 0 Å². The van der Waals surface area contributed by atoms with E-state index in [0.717, 1.165) is 5.69 Å². The van der Waals surface area contributed by atoms with Crippen molar-refractivity contribution in [3.05, 3.63) is 59.4 Å². The molecule has 6 heteroatoms. The minimum absolute atomic E-state index is 0.108. The van der Waals surface area contributed by atoms with Gasteiger partial charge in [-0.1, -0.05) is 24.3 Å². The molecule has 0 radical (unpaired) electrons. The number of hydrogen-bond acceptors (Lipinski definition) is 4. The summed E-state index contributed by atoms with van der Waals surface area (Å²) in [6.45, 7) is 1.72. The fourth-order valence-corrected chi connectivity index (χ4v) is 2.95. The lowest BCUT2D eigenvalue weighted by molar-refractivity contribution is 0.282. The summed E-state index contributed by atoms with van der Waals surface area (Å²) in [5, 5.41) is 9.05. The Morgan fingerprint density at radius 2 is 1.95 bits per heavy atom. The Hall–Kier alpha value is -1.92. The molecule has 0 spiro atoms. The molecule has 106 valence electrons. The standard InChI is InChI=1S/C14H16N2O3S/c1-11-5-6-14(8-15-11)16-20(18,19)10-13-4-2-3-12(7-13)9-17/h2-8,16-17H,9-10H2,1H3. The average Bonchev–Trinajstić information content (AvgIpc) is 2.41. The topological polar surface area (TPSA) is 79.3 Å². The van der Waals surface area contributed by atoms with Crippen molar-refractivity contribution in [3.8, 4) is 0 Å². The smallest absolute Gasteiger partial charge is 0.236 e. The predicted octanol–water partition coefficient (Wildman–Crippen LogP) is 1.82. The molecule has 0 aliphatic heterocycles.